The largest absolute Gasteiger partial charge is 0.337 e. The average molecular weight is 334 g/mol. The third kappa shape index (κ3) is 4.16. The van der Waals surface area contributed by atoms with Crippen LogP contribution in [0, 0.1) is 6.92 Å². The van der Waals surface area contributed by atoms with Crippen molar-refractivity contribution in [1.29, 1.82) is 0 Å². The first kappa shape index (κ1) is 17.1. The molecule has 0 aliphatic rings. The van der Waals surface area contributed by atoms with Crippen molar-refractivity contribution in [2.75, 3.05) is 0 Å². The lowest BCUT2D eigenvalue weighted by Crippen LogP contribution is -2.24. The van der Waals surface area contributed by atoms with E-state index in [1.165, 1.54) is 4.68 Å². The normalized spacial score (nSPS) is 10.7. The van der Waals surface area contributed by atoms with E-state index >= 15 is 0 Å². The number of benzene rings is 1. The summed E-state index contributed by atoms with van der Waals surface area (Å²) >= 11 is 0. The molecule has 0 saturated heterocycles. The van der Waals surface area contributed by atoms with Gasteiger partial charge in [0.2, 0.25) is 0 Å². The van der Waals surface area contributed by atoms with E-state index < -0.39 is 0 Å². The lowest BCUT2D eigenvalue weighted by Gasteiger charge is -2.06. The molecule has 3 rings (SSSR count). The minimum absolute atomic E-state index is 0. The van der Waals surface area contributed by atoms with Gasteiger partial charge in [-0.15, -0.1) is 17.5 Å². The van der Waals surface area contributed by atoms with Crippen molar-refractivity contribution in [3.63, 3.8) is 0 Å². The molecule has 0 fully saturated rings. The highest BCUT2D eigenvalue weighted by molar-refractivity contribution is 5.85. The summed E-state index contributed by atoms with van der Waals surface area (Å²) in [6, 6.07) is 5.66. The lowest BCUT2D eigenvalue weighted by molar-refractivity contribution is 0.489. The molecule has 0 spiro atoms. The zero-order valence-electron chi connectivity index (χ0n) is 13.1. The van der Waals surface area contributed by atoms with E-state index in [1.807, 2.05) is 37.6 Å². The number of aryl methyl sites for hydroxylation is 3. The zero-order valence-corrected chi connectivity index (χ0v) is 13.9. The molecule has 2 heterocycles. The SMILES string of the molecule is Cc1ccc2nnn(CCCCCn3ccnc3)c(=O)c2c1.Cl. The Balaban J connectivity index is 0.00000192. The number of aromatic nitrogens is 5. The quantitative estimate of drug-likeness (QED) is 0.650. The van der Waals surface area contributed by atoms with Crippen LogP contribution in [0.15, 0.2) is 41.7 Å². The Labute approximate surface area is 140 Å². The van der Waals surface area contributed by atoms with Crippen LogP contribution in [0.5, 0.6) is 0 Å². The third-order valence-electron chi connectivity index (χ3n) is 3.72. The minimum atomic E-state index is -0.0525. The van der Waals surface area contributed by atoms with Crippen LogP contribution in [-0.4, -0.2) is 24.5 Å². The van der Waals surface area contributed by atoms with E-state index in [1.54, 1.807) is 6.20 Å². The van der Waals surface area contributed by atoms with Crippen LogP contribution in [0.4, 0.5) is 0 Å². The second kappa shape index (κ2) is 7.87. The molecule has 0 N–H and O–H groups in total. The first-order valence-electron chi connectivity index (χ1n) is 7.54. The molecule has 7 heteroatoms. The third-order valence-corrected chi connectivity index (χ3v) is 3.72. The van der Waals surface area contributed by atoms with Crippen molar-refractivity contribution in [2.24, 2.45) is 0 Å². The van der Waals surface area contributed by atoms with E-state index in [0.29, 0.717) is 17.4 Å². The van der Waals surface area contributed by atoms with E-state index in [0.717, 1.165) is 31.4 Å². The van der Waals surface area contributed by atoms with E-state index in [9.17, 15) is 4.79 Å². The molecule has 0 aliphatic carbocycles. The van der Waals surface area contributed by atoms with Crippen molar-refractivity contribution in [3.8, 4) is 0 Å². The van der Waals surface area contributed by atoms with Crippen LogP contribution >= 0.6 is 12.4 Å². The van der Waals surface area contributed by atoms with Crippen LogP contribution in [0.25, 0.3) is 10.9 Å². The van der Waals surface area contributed by atoms with Gasteiger partial charge in [-0.2, -0.15) is 0 Å². The molecule has 6 nitrogen and oxygen atoms in total. The van der Waals surface area contributed by atoms with Crippen LogP contribution < -0.4 is 5.56 Å². The molecule has 1 aromatic carbocycles. The first-order valence-corrected chi connectivity index (χ1v) is 7.54. The number of unbranched alkanes of at least 4 members (excludes halogenated alkanes) is 2. The van der Waals surface area contributed by atoms with Gasteiger partial charge >= 0.3 is 0 Å². The Kier molecular flexibility index (Phi) is 5.87. The molecule has 122 valence electrons. The maximum Gasteiger partial charge on any atom is 0.277 e. The Morgan fingerprint density at radius 2 is 1.96 bits per heavy atom. The number of rotatable bonds is 6. The topological polar surface area (TPSA) is 65.6 Å². The van der Waals surface area contributed by atoms with Gasteiger partial charge in [0.25, 0.3) is 5.56 Å². The molecule has 23 heavy (non-hydrogen) atoms. The summed E-state index contributed by atoms with van der Waals surface area (Å²) in [6.45, 7) is 3.54. The van der Waals surface area contributed by atoms with Crippen molar-refractivity contribution in [3.05, 3.63) is 52.8 Å². The zero-order chi connectivity index (χ0) is 15.4. The van der Waals surface area contributed by atoms with Gasteiger partial charge in [0, 0.05) is 25.5 Å². The standard InChI is InChI=1S/C16H19N5O.ClH/c1-13-5-6-15-14(11-13)16(22)21(19-18-15)9-4-2-3-8-20-10-7-17-12-20;/h5-7,10-12H,2-4,8-9H2,1H3;1H. The van der Waals surface area contributed by atoms with Crippen LogP contribution in [-0.2, 0) is 13.1 Å². The second-order valence-corrected chi connectivity index (χ2v) is 5.50. The highest BCUT2D eigenvalue weighted by Gasteiger charge is 2.05. The Morgan fingerprint density at radius 3 is 2.74 bits per heavy atom. The van der Waals surface area contributed by atoms with Crippen LogP contribution in [0.3, 0.4) is 0 Å². The maximum absolute atomic E-state index is 12.4. The average Bonchev–Trinajstić information content (AvgIpc) is 3.03. The molecule has 0 aliphatic heterocycles. The number of hydrogen-bond acceptors (Lipinski definition) is 4. The fourth-order valence-electron chi connectivity index (χ4n) is 2.49. The van der Waals surface area contributed by atoms with Crippen molar-refractivity contribution < 1.29 is 0 Å². The van der Waals surface area contributed by atoms with Crippen molar-refractivity contribution >= 4 is 23.3 Å². The summed E-state index contributed by atoms with van der Waals surface area (Å²) in [7, 11) is 0. The van der Waals surface area contributed by atoms with Gasteiger partial charge in [0.1, 0.15) is 5.52 Å². The first-order chi connectivity index (χ1) is 10.7. The van der Waals surface area contributed by atoms with Crippen LogP contribution in [0.1, 0.15) is 24.8 Å². The van der Waals surface area contributed by atoms with Gasteiger partial charge < -0.3 is 4.57 Å². The number of fused-ring (bicyclic) bond motifs is 1. The summed E-state index contributed by atoms with van der Waals surface area (Å²) in [6.07, 6.45) is 8.58. The summed E-state index contributed by atoms with van der Waals surface area (Å²) in [4.78, 5) is 16.4. The predicted molar refractivity (Wildman–Crippen MR) is 91.9 cm³/mol. The molecule has 0 unspecified atom stereocenters. The molecule has 0 bridgehead atoms. The highest BCUT2D eigenvalue weighted by Crippen LogP contribution is 2.08. The smallest absolute Gasteiger partial charge is 0.277 e. The molecule has 0 amide bonds. The second-order valence-electron chi connectivity index (χ2n) is 5.50. The van der Waals surface area contributed by atoms with Gasteiger partial charge in [-0.25, -0.2) is 9.67 Å². The summed E-state index contributed by atoms with van der Waals surface area (Å²) < 4.78 is 3.53. The number of halogens is 1. The molecule has 0 saturated carbocycles. The molecular formula is C16H20ClN5O. The Morgan fingerprint density at radius 1 is 1.13 bits per heavy atom. The molecule has 2 aromatic heterocycles. The van der Waals surface area contributed by atoms with Gasteiger partial charge in [0.05, 0.1) is 11.7 Å². The predicted octanol–water partition coefficient (Wildman–Crippen LogP) is 2.59. The molecule has 0 radical (unpaired) electrons. The summed E-state index contributed by atoms with van der Waals surface area (Å²) in [5.41, 5.74) is 1.67. The molecule has 0 atom stereocenters. The molecular weight excluding hydrogens is 314 g/mol. The Bertz CT molecular complexity index is 813. The monoisotopic (exact) mass is 333 g/mol. The number of imidazole rings is 1. The van der Waals surface area contributed by atoms with E-state index in [-0.39, 0.29) is 18.0 Å². The van der Waals surface area contributed by atoms with Gasteiger partial charge in [0.15, 0.2) is 0 Å². The highest BCUT2D eigenvalue weighted by atomic mass is 35.5. The summed E-state index contributed by atoms with van der Waals surface area (Å²) in [5, 5.41) is 8.79. The maximum atomic E-state index is 12.4. The van der Waals surface area contributed by atoms with Gasteiger partial charge in [-0.3, -0.25) is 4.79 Å². The lowest BCUT2D eigenvalue weighted by atomic mass is 10.2. The molecule has 3 aromatic rings. The fraction of sp³-hybridized carbons (Fsp3) is 0.375. The summed E-state index contributed by atoms with van der Waals surface area (Å²) in [5.74, 6) is 0. The van der Waals surface area contributed by atoms with Crippen molar-refractivity contribution in [2.45, 2.75) is 39.3 Å². The minimum Gasteiger partial charge on any atom is -0.337 e. The fourth-order valence-corrected chi connectivity index (χ4v) is 2.49. The number of nitrogens with zero attached hydrogens (tertiary/aromatic N) is 5. The van der Waals surface area contributed by atoms with E-state index in [4.69, 9.17) is 0 Å². The van der Waals surface area contributed by atoms with Crippen molar-refractivity contribution in [1.82, 2.24) is 24.5 Å². The Hall–Kier alpha value is -2.21. The van der Waals surface area contributed by atoms with E-state index in [2.05, 4.69) is 19.9 Å². The van der Waals surface area contributed by atoms with Crippen LogP contribution in [0.2, 0.25) is 0 Å². The number of hydrogen-bond donors (Lipinski definition) is 0. The van der Waals surface area contributed by atoms with Gasteiger partial charge in [-0.1, -0.05) is 16.8 Å². The van der Waals surface area contributed by atoms with Gasteiger partial charge in [-0.05, 0) is 38.3 Å².